The van der Waals surface area contributed by atoms with Crippen molar-refractivity contribution >= 4 is 51.5 Å². The van der Waals surface area contributed by atoms with E-state index >= 15 is 0 Å². The molecule has 2 aromatic carbocycles. The molecule has 1 amide bonds. The van der Waals surface area contributed by atoms with Crippen LogP contribution in [0.1, 0.15) is 24.2 Å². The zero-order valence-corrected chi connectivity index (χ0v) is 15.5. The minimum absolute atomic E-state index is 0.128. The molecule has 0 heterocycles. The number of carbonyl (C=O) groups is 1. The minimum Gasteiger partial charge on any atom is -0.372 e. The number of nitrogens with zero attached hydrogens (tertiary/aromatic N) is 1. The molecule has 0 bridgehead atoms. The Morgan fingerprint density at radius 2 is 1.77 bits per heavy atom. The van der Waals surface area contributed by atoms with Crippen molar-refractivity contribution in [2.45, 2.75) is 13.8 Å². The van der Waals surface area contributed by atoms with Crippen LogP contribution in [0.4, 0.5) is 11.4 Å². The van der Waals surface area contributed by atoms with Gasteiger partial charge < -0.3 is 10.2 Å². The fourth-order valence-electron chi connectivity index (χ4n) is 2.22. The Morgan fingerprint density at radius 3 is 2.32 bits per heavy atom. The highest BCUT2D eigenvalue weighted by molar-refractivity contribution is 14.1. The summed E-state index contributed by atoms with van der Waals surface area (Å²) in [5.41, 5.74) is 2.56. The maximum Gasteiger partial charge on any atom is 0.256 e. The summed E-state index contributed by atoms with van der Waals surface area (Å²) in [7, 11) is 0. The maximum absolute atomic E-state index is 12.3. The highest BCUT2D eigenvalue weighted by atomic mass is 127. The average molecular weight is 429 g/mol. The monoisotopic (exact) mass is 428 g/mol. The van der Waals surface area contributed by atoms with Gasteiger partial charge in [-0.1, -0.05) is 11.6 Å². The molecular formula is C17H18ClIN2O. The maximum atomic E-state index is 12.3. The standard InChI is InChI=1S/C17H18ClIN2O/c1-3-21(4-2)14-8-6-13(7-9-14)20-17(22)15-10-5-12(18)11-16(15)19/h5-11H,3-4H2,1-2H3,(H,20,22). The third-order valence-electron chi connectivity index (χ3n) is 3.43. The van der Waals surface area contributed by atoms with Gasteiger partial charge in [-0.3, -0.25) is 4.79 Å². The molecule has 0 saturated carbocycles. The summed E-state index contributed by atoms with van der Waals surface area (Å²) in [6.07, 6.45) is 0. The van der Waals surface area contributed by atoms with Gasteiger partial charge in [0.05, 0.1) is 5.56 Å². The van der Waals surface area contributed by atoms with Crippen LogP contribution in [0.5, 0.6) is 0 Å². The van der Waals surface area contributed by atoms with E-state index in [-0.39, 0.29) is 5.91 Å². The van der Waals surface area contributed by atoms with E-state index in [0.717, 1.165) is 28.0 Å². The molecule has 22 heavy (non-hydrogen) atoms. The number of anilines is 2. The summed E-state index contributed by atoms with van der Waals surface area (Å²) < 4.78 is 0.836. The van der Waals surface area contributed by atoms with Crippen LogP contribution in [-0.2, 0) is 0 Å². The highest BCUT2D eigenvalue weighted by Crippen LogP contribution is 2.21. The van der Waals surface area contributed by atoms with Crippen molar-refractivity contribution < 1.29 is 4.79 Å². The summed E-state index contributed by atoms with van der Waals surface area (Å²) in [6, 6.07) is 13.1. The SMILES string of the molecule is CCN(CC)c1ccc(NC(=O)c2ccc(Cl)cc2I)cc1. The van der Waals surface area contributed by atoms with Crippen LogP contribution >= 0.6 is 34.2 Å². The van der Waals surface area contributed by atoms with Gasteiger partial charge in [0.2, 0.25) is 0 Å². The van der Waals surface area contributed by atoms with E-state index in [4.69, 9.17) is 11.6 Å². The van der Waals surface area contributed by atoms with Gasteiger partial charge in [0, 0.05) is 33.1 Å². The molecular weight excluding hydrogens is 411 g/mol. The molecule has 0 spiro atoms. The second-order valence-corrected chi connectivity index (χ2v) is 6.40. The van der Waals surface area contributed by atoms with Crippen LogP contribution in [0, 0.1) is 3.57 Å². The topological polar surface area (TPSA) is 32.3 Å². The van der Waals surface area contributed by atoms with E-state index in [1.165, 1.54) is 0 Å². The van der Waals surface area contributed by atoms with E-state index in [0.29, 0.717) is 10.6 Å². The number of rotatable bonds is 5. The van der Waals surface area contributed by atoms with Gasteiger partial charge in [-0.2, -0.15) is 0 Å². The molecule has 3 nitrogen and oxygen atoms in total. The quantitative estimate of drug-likeness (QED) is 0.677. The van der Waals surface area contributed by atoms with E-state index in [1.807, 2.05) is 24.3 Å². The van der Waals surface area contributed by atoms with Crippen LogP contribution in [0.15, 0.2) is 42.5 Å². The molecule has 0 aromatic heterocycles. The molecule has 2 rings (SSSR count). The Balaban J connectivity index is 2.12. The van der Waals surface area contributed by atoms with Crippen LogP contribution in [0.25, 0.3) is 0 Å². The molecule has 2 aromatic rings. The van der Waals surface area contributed by atoms with Crippen molar-refractivity contribution in [3.05, 3.63) is 56.6 Å². The molecule has 0 atom stereocenters. The third-order valence-corrected chi connectivity index (χ3v) is 4.56. The predicted octanol–water partition coefficient (Wildman–Crippen LogP) is 5.04. The summed E-state index contributed by atoms with van der Waals surface area (Å²) in [5, 5.41) is 3.54. The summed E-state index contributed by atoms with van der Waals surface area (Å²) in [5.74, 6) is -0.128. The number of halogens is 2. The van der Waals surface area contributed by atoms with Gasteiger partial charge in [-0.05, 0) is 78.9 Å². The lowest BCUT2D eigenvalue weighted by Gasteiger charge is -2.21. The van der Waals surface area contributed by atoms with Gasteiger partial charge in [0.15, 0.2) is 0 Å². The molecule has 1 N–H and O–H groups in total. The van der Waals surface area contributed by atoms with E-state index in [2.05, 4.69) is 46.7 Å². The van der Waals surface area contributed by atoms with Crippen LogP contribution in [0.2, 0.25) is 5.02 Å². The normalized spacial score (nSPS) is 10.4. The summed E-state index contributed by atoms with van der Waals surface area (Å²) >= 11 is 8.03. The van der Waals surface area contributed by atoms with Crippen LogP contribution in [0.3, 0.4) is 0 Å². The molecule has 0 radical (unpaired) electrons. The largest absolute Gasteiger partial charge is 0.372 e. The molecule has 0 unspecified atom stereocenters. The number of benzene rings is 2. The fourth-order valence-corrected chi connectivity index (χ4v) is 3.33. The zero-order chi connectivity index (χ0) is 16.1. The lowest BCUT2D eigenvalue weighted by molar-refractivity contribution is 0.102. The molecule has 5 heteroatoms. The first-order valence-corrected chi connectivity index (χ1v) is 8.62. The fraction of sp³-hybridized carbons (Fsp3) is 0.235. The van der Waals surface area contributed by atoms with Gasteiger partial charge >= 0.3 is 0 Å². The number of hydrogen-bond donors (Lipinski definition) is 1. The number of nitrogens with one attached hydrogen (secondary N) is 1. The zero-order valence-electron chi connectivity index (χ0n) is 12.6. The van der Waals surface area contributed by atoms with Crippen molar-refractivity contribution in [2.75, 3.05) is 23.3 Å². The third kappa shape index (κ3) is 4.14. The minimum atomic E-state index is -0.128. The molecule has 0 fully saturated rings. The van der Waals surface area contributed by atoms with Crippen molar-refractivity contribution in [3.8, 4) is 0 Å². The second-order valence-electron chi connectivity index (χ2n) is 4.80. The van der Waals surface area contributed by atoms with Crippen molar-refractivity contribution in [1.82, 2.24) is 0 Å². The number of amides is 1. The Kier molecular flexibility index (Phi) is 6.08. The first-order chi connectivity index (χ1) is 10.5. The molecule has 116 valence electrons. The predicted molar refractivity (Wildman–Crippen MR) is 102 cm³/mol. The lowest BCUT2D eigenvalue weighted by Crippen LogP contribution is -2.21. The van der Waals surface area contributed by atoms with Crippen molar-refractivity contribution in [3.63, 3.8) is 0 Å². The summed E-state index contributed by atoms with van der Waals surface area (Å²) in [4.78, 5) is 14.6. The second kappa shape index (κ2) is 7.83. The first-order valence-electron chi connectivity index (χ1n) is 7.16. The number of carbonyl (C=O) groups excluding carboxylic acids is 1. The summed E-state index contributed by atoms with van der Waals surface area (Å²) in [6.45, 7) is 6.18. The van der Waals surface area contributed by atoms with Gasteiger partial charge in [-0.15, -0.1) is 0 Å². The number of hydrogen-bond acceptors (Lipinski definition) is 2. The Bertz CT molecular complexity index is 654. The molecule has 0 saturated heterocycles. The molecule has 0 aliphatic carbocycles. The smallest absolute Gasteiger partial charge is 0.256 e. The average Bonchev–Trinajstić information content (AvgIpc) is 2.50. The van der Waals surface area contributed by atoms with Crippen LogP contribution in [-0.4, -0.2) is 19.0 Å². The van der Waals surface area contributed by atoms with Gasteiger partial charge in [0.1, 0.15) is 0 Å². The molecule has 0 aliphatic heterocycles. The highest BCUT2D eigenvalue weighted by Gasteiger charge is 2.11. The van der Waals surface area contributed by atoms with Crippen LogP contribution < -0.4 is 10.2 Å². The molecule has 0 aliphatic rings. The Hall–Kier alpha value is -1.27. The van der Waals surface area contributed by atoms with Crippen molar-refractivity contribution in [2.24, 2.45) is 0 Å². The van der Waals surface area contributed by atoms with Gasteiger partial charge in [0.25, 0.3) is 5.91 Å². The first kappa shape index (κ1) is 17.1. The van der Waals surface area contributed by atoms with E-state index in [9.17, 15) is 4.79 Å². The van der Waals surface area contributed by atoms with E-state index < -0.39 is 0 Å². The Morgan fingerprint density at radius 1 is 1.14 bits per heavy atom. The van der Waals surface area contributed by atoms with Gasteiger partial charge in [-0.25, -0.2) is 0 Å². The lowest BCUT2D eigenvalue weighted by atomic mass is 10.2. The van der Waals surface area contributed by atoms with Crippen molar-refractivity contribution in [1.29, 1.82) is 0 Å². The Labute approximate surface area is 149 Å². The van der Waals surface area contributed by atoms with E-state index in [1.54, 1.807) is 18.2 Å².